The predicted molar refractivity (Wildman–Crippen MR) is 98.4 cm³/mol. The molecule has 2 N–H and O–H groups in total. The standard InChI is InChI=1S/C19H15Cl2NO2/c20-14-4-7-16(8-5-14)24-17-3-1-2-13(10-17)12-22-15-6-9-19(23)18(21)11-15/h1-11,22-23H,12H2. The lowest BCUT2D eigenvalue weighted by Crippen LogP contribution is -1.99. The minimum absolute atomic E-state index is 0.0700. The number of phenolic OH excluding ortho intramolecular Hbond substituents is 1. The molecule has 0 spiro atoms. The van der Waals surface area contributed by atoms with Gasteiger partial charge in [0.25, 0.3) is 0 Å². The van der Waals surface area contributed by atoms with Crippen LogP contribution in [-0.4, -0.2) is 5.11 Å². The highest BCUT2D eigenvalue weighted by molar-refractivity contribution is 6.32. The molecule has 0 saturated carbocycles. The molecule has 0 atom stereocenters. The first-order valence-corrected chi connectivity index (χ1v) is 8.10. The summed E-state index contributed by atoms with van der Waals surface area (Å²) < 4.78 is 5.82. The summed E-state index contributed by atoms with van der Waals surface area (Å²) in [5.41, 5.74) is 1.90. The minimum atomic E-state index is 0.0700. The number of nitrogens with one attached hydrogen (secondary N) is 1. The van der Waals surface area contributed by atoms with Crippen molar-refractivity contribution in [2.75, 3.05) is 5.32 Å². The Hall–Kier alpha value is -2.36. The topological polar surface area (TPSA) is 41.5 Å². The van der Waals surface area contributed by atoms with Crippen molar-refractivity contribution < 1.29 is 9.84 Å². The van der Waals surface area contributed by atoms with Crippen LogP contribution in [0.25, 0.3) is 0 Å². The van der Waals surface area contributed by atoms with Crippen LogP contribution in [0, 0.1) is 0 Å². The zero-order chi connectivity index (χ0) is 16.9. The molecule has 0 saturated heterocycles. The molecule has 0 radical (unpaired) electrons. The van der Waals surface area contributed by atoms with Gasteiger partial charge in [0.1, 0.15) is 17.2 Å². The Balaban J connectivity index is 1.66. The van der Waals surface area contributed by atoms with E-state index in [9.17, 15) is 5.11 Å². The first kappa shape index (κ1) is 16.5. The Morgan fingerprint density at radius 1 is 0.875 bits per heavy atom. The van der Waals surface area contributed by atoms with E-state index in [0.29, 0.717) is 16.6 Å². The highest BCUT2D eigenvalue weighted by Gasteiger charge is 2.02. The third kappa shape index (κ3) is 4.34. The van der Waals surface area contributed by atoms with Gasteiger partial charge in [-0.3, -0.25) is 0 Å². The maximum absolute atomic E-state index is 9.44. The van der Waals surface area contributed by atoms with E-state index >= 15 is 0 Å². The van der Waals surface area contributed by atoms with E-state index in [2.05, 4.69) is 5.32 Å². The minimum Gasteiger partial charge on any atom is -0.506 e. The van der Waals surface area contributed by atoms with E-state index in [1.807, 2.05) is 36.4 Å². The average Bonchev–Trinajstić information content (AvgIpc) is 2.58. The number of hydrogen-bond acceptors (Lipinski definition) is 3. The molecule has 0 heterocycles. The quantitative estimate of drug-likeness (QED) is 0.540. The van der Waals surface area contributed by atoms with Gasteiger partial charge in [0.15, 0.2) is 0 Å². The first-order valence-electron chi connectivity index (χ1n) is 7.35. The van der Waals surface area contributed by atoms with E-state index in [-0.39, 0.29) is 5.75 Å². The summed E-state index contributed by atoms with van der Waals surface area (Å²) in [6.45, 7) is 0.610. The van der Waals surface area contributed by atoms with Crippen LogP contribution in [0.15, 0.2) is 66.7 Å². The van der Waals surface area contributed by atoms with Crippen molar-refractivity contribution in [1.82, 2.24) is 0 Å². The number of rotatable bonds is 5. The van der Waals surface area contributed by atoms with Gasteiger partial charge >= 0.3 is 0 Å². The van der Waals surface area contributed by atoms with Crippen molar-refractivity contribution in [2.45, 2.75) is 6.54 Å². The molecule has 3 aromatic rings. The summed E-state index contributed by atoms with van der Waals surface area (Å²) in [7, 11) is 0. The van der Waals surface area contributed by atoms with Gasteiger partial charge < -0.3 is 15.2 Å². The summed E-state index contributed by atoms with van der Waals surface area (Å²) in [5.74, 6) is 1.55. The molecular weight excluding hydrogens is 345 g/mol. The number of anilines is 1. The summed E-state index contributed by atoms with van der Waals surface area (Å²) in [5, 5.41) is 13.7. The molecule has 0 aliphatic rings. The van der Waals surface area contributed by atoms with Gasteiger partial charge in [0.05, 0.1) is 5.02 Å². The highest BCUT2D eigenvalue weighted by atomic mass is 35.5. The van der Waals surface area contributed by atoms with Crippen LogP contribution in [0.3, 0.4) is 0 Å². The van der Waals surface area contributed by atoms with Gasteiger partial charge in [-0.15, -0.1) is 0 Å². The second-order valence-electron chi connectivity index (χ2n) is 5.22. The summed E-state index contributed by atoms with van der Waals surface area (Å²) in [6.07, 6.45) is 0. The number of hydrogen-bond donors (Lipinski definition) is 2. The maximum Gasteiger partial charge on any atom is 0.134 e. The van der Waals surface area contributed by atoms with Crippen LogP contribution < -0.4 is 10.1 Å². The van der Waals surface area contributed by atoms with Gasteiger partial charge in [-0.2, -0.15) is 0 Å². The molecule has 0 unspecified atom stereocenters. The fraction of sp³-hybridized carbons (Fsp3) is 0.0526. The van der Waals surface area contributed by atoms with E-state index in [1.54, 1.807) is 30.3 Å². The van der Waals surface area contributed by atoms with Crippen LogP contribution in [0.1, 0.15) is 5.56 Å². The molecule has 24 heavy (non-hydrogen) atoms. The molecule has 0 bridgehead atoms. The number of halogens is 2. The summed E-state index contributed by atoms with van der Waals surface area (Å²) in [6, 6.07) is 20.0. The molecule has 0 fully saturated rings. The van der Waals surface area contributed by atoms with Gasteiger partial charge in [0.2, 0.25) is 0 Å². The normalized spacial score (nSPS) is 10.4. The van der Waals surface area contributed by atoms with Crippen LogP contribution >= 0.6 is 23.2 Å². The number of phenols is 1. The fourth-order valence-electron chi connectivity index (χ4n) is 2.18. The van der Waals surface area contributed by atoms with Crippen molar-refractivity contribution in [1.29, 1.82) is 0 Å². The number of aromatic hydroxyl groups is 1. The van der Waals surface area contributed by atoms with E-state index in [0.717, 1.165) is 22.7 Å². The SMILES string of the molecule is Oc1ccc(NCc2cccc(Oc3ccc(Cl)cc3)c2)cc1Cl. The fourth-order valence-corrected chi connectivity index (χ4v) is 2.49. The van der Waals surface area contributed by atoms with Crippen LogP contribution in [-0.2, 0) is 6.54 Å². The first-order chi connectivity index (χ1) is 11.6. The monoisotopic (exact) mass is 359 g/mol. The Morgan fingerprint density at radius 2 is 1.67 bits per heavy atom. The lowest BCUT2D eigenvalue weighted by atomic mass is 10.2. The van der Waals surface area contributed by atoms with E-state index < -0.39 is 0 Å². The second-order valence-corrected chi connectivity index (χ2v) is 6.07. The number of ether oxygens (including phenoxy) is 1. The Morgan fingerprint density at radius 3 is 2.42 bits per heavy atom. The molecule has 0 aromatic heterocycles. The van der Waals surface area contributed by atoms with Crippen molar-refractivity contribution in [3.8, 4) is 17.2 Å². The largest absolute Gasteiger partial charge is 0.506 e. The predicted octanol–water partition coefficient (Wildman–Crippen LogP) is 6.10. The van der Waals surface area contributed by atoms with Crippen LogP contribution in [0.5, 0.6) is 17.2 Å². The Labute approximate surface area is 150 Å². The highest BCUT2D eigenvalue weighted by Crippen LogP contribution is 2.27. The lowest BCUT2D eigenvalue weighted by molar-refractivity contribution is 0.475. The van der Waals surface area contributed by atoms with Crippen molar-refractivity contribution >= 4 is 28.9 Å². The molecule has 0 amide bonds. The molecule has 5 heteroatoms. The summed E-state index contributed by atoms with van der Waals surface area (Å²) in [4.78, 5) is 0. The number of benzene rings is 3. The van der Waals surface area contributed by atoms with Crippen molar-refractivity contribution in [3.05, 3.63) is 82.3 Å². The second kappa shape index (κ2) is 7.47. The van der Waals surface area contributed by atoms with Gasteiger partial charge in [-0.05, 0) is 60.2 Å². The lowest BCUT2D eigenvalue weighted by Gasteiger charge is -2.10. The summed E-state index contributed by atoms with van der Waals surface area (Å²) >= 11 is 11.8. The molecule has 0 aliphatic carbocycles. The van der Waals surface area contributed by atoms with Gasteiger partial charge in [-0.25, -0.2) is 0 Å². The van der Waals surface area contributed by atoms with E-state index in [4.69, 9.17) is 27.9 Å². The molecule has 0 aliphatic heterocycles. The zero-order valence-electron chi connectivity index (χ0n) is 12.7. The third-order valence-electron chi connectivity index (χ3n) is 3.39. The van der Waals surface area contributed by atoms with Gasteiger partial charge in [0, 0.05) is 17.3 Å². The van der Waals surface area contributed by atoms with Crippen molar-refractivity contribution in [2.24, 2.45) is 0 Å². The molecule has 3 rings (SSSR count). The van der Waals surface area contributed by atoms with Crippen molar-refractivity contribution in [3.63, 3.8) is 0 Å². The van der Waals surface area contributed by atoms with Crippen LogP contribution in [0.4, 0.5) is 5.69 Å². The van der Waals surface area contributed by atoms with E-state index in [1.165, 1.54) is 0 Å². The third-order valence-corrected chi connectivity index (χ3v) is 3.95. The zero-order valence-corrected chi connectivity index (χ0v) is 14.2. The molecule has 122 valence electrons. The molecule has 3 nitrogen and oxygen atoms in total. The Kier molecular flexibility index (Phi) is 5.14. The molecular formula is C19H15Cl2NO2. The maximum atomic E-state index is 9.44. The average molecular weight is 360 g/mol. The smallest absolute Gasteiger partial charge is 0.134 e. The Bertz CT molecular complexity index is 835. The van der Waals surface area contributed by atoms with Crippen LogP contribution in [0.2, 0.25) is 10.0 Å². The molecule has 3 aromatic carbocycles. The van der Waals surface area contributed by atoms with Gasteiger partial charge in [-0.1, -0.05) is 35.3 Å².